The Morgan fingerprint density at radius 3 is 1.75 bits per heavy atom. The topological polar surface area (TPSA) is 165 Å². The van der Waals surface area contributed by atoms with E-state index in [2.05, 4.69) is 20.6 Å². The molecule has 0 unspecified atom stereocenters. The van der Waals surface area contributed by atoms with Crippen LogP contribution < -0.4 is 26.8 Å². The van der Waals surface area contributed by atoms with Gasteiger partial charge in [-0.05, 0) is 42.5 Å². The standard InChI is InChI=1S/C13H12ClN3O2.C7H7ClN2O.C6H6ClNO.CH4/c1-16-13(18)12-7-9(4-5-17-12)19-8-2-3-11(15)10(14)6-8;1-9-7(11)6-4-5(8)2-3-10-6;7-5-3-4(9)1-2-6(5)8;/h2-7H,15H2,1H3,(H,16,18);2-4H,1H3,(H,9,11);1-3,9H,8H2;1H4. The highest BCUT2D eigenvalue weighted by Crippen LogP contribution is 2.28. The zero-order valence-corrected chi connectivity index (χ0v) is 23.1. The van der Waals surface area contributed by atoms with Gasteiger partial charge in [0.05, 0.1) is 21.4 Å². The molecule has 40 heavy (non-hydrogen) atoms. The van der Waals surface area contributed by atoms with E-state index in [0.717, 1.165) is 0 Å². The molecular formula is C27H29Cl3N6O4. The minimum absolute atomic E-state index is 0. The number of carbonyl (C=O) groups excluding carboxylic acids is 2. The van der Waals surface area contributed by atoms with Gasteiger partial charge in [0.1, 0.15) is 28.6 Å². The summed E-state index contributed by atoms with van der Waals surface area (Å²) in [7, 11) is 3.09. The third kappa shape index (κ3) is 10.9. The number of aromatic hydroxyl groups is 1. The zero-order valence-electron chi connectivity index (χ0n) is 20.8. The molecule has 2 heterocycles. The molecule has 0 fully saturated rings. The number of pyridine rings is 2. The number of hydrogen-bond donors (Lipinski definition) is 5. The van der Waals surface area contributed by atoms with Gasteiger partial charge in [-0.2, -0.15) is 0 Å². The van der Waals surface area contributed by atoms with Gasteiger partial charge >= 0.3 is 0 Å². The van der Waals surface area contributed by atoms with Crippen LogP contribution in [0.2, 0.25) is 15.1 Å². The summed E-state index contributed by atoms with van der Waals surface area (Å²) in [6.45, 7) is 0. The van der Waals surface area contributed by atoms with Crippen molar-refractivity contribution in [1.82, 2.24) is 20.6 Å². The van der Waals surface area contributed by atoms with E-state index in [-0.39, 0.29) is 30.7 Å². The van der Waals surface area contributed by atoms with Crippen LogP contribution in [0.15, 0.2) is 73.1 Å². The molecule has 2 amide bonds. The number of phenolic OH excluding ortho intramolecular Hbond substituents is 1. The van der Waals surface area contributed by atoms with Crippen LogP contribution in [0.3, 0.4) is 0 Å². The number of carbonyl (C=O) groups is 2. The summed E-state index contributed by atoms with van der Waals surface area (Å²) in [5, 5.41) is 15.1. The Bertz CT molecular complexity index is 1440. The third-order valence-electron chi connectivity index (χ3n) is 4.56. The molecule has 0 aliphatic carbocycles. The van der Waals surface area contributed by atoms with Crippen LogP contribution in [0.25, 0.3) is 0 Å². The molecule has 0 saturated carbocycles. The third-order valence-corrected chi connectivity index (χ3v) is 5.45. The van der Waals surface area contributed by atoms with Crippen molar-refractivity contribution in [2.45, 2.75) is 7.43 Å². The monoisotopic (exact) mass is 606 g/mol. The number of nitrogens with two attached hydrogens (primary N) is 2. The van der Waals surface area contributed by atoms with E-state index >= 15 is 0 Å². The Kier molecular flexibility index (Phi) is 14.1. The summed E-state index contributed by atoms with van der Waals surface area (Å²) in [6.07, 6.45) is 2.99. The molecule has 0 radical (unpaired) electrons. The van der Waals surface area contributed by atoms with E-state index in [0.29, 0.717) is 43.6 Å². The van der Waals surface area contributed by atoms with Crippen molar-refractivity contribution in [1.29, 1.82) is 0 Å². The lowest BCUT2D eigenvalue weighted by atomic mass is 10.3. The second-order valence-corrected chi connectivity index (χ2v) is 8.64. The molecule has 13 heteroatoms. The van der Waals surface area contributed by atoms with Crippen molar-refractivity contribution in [2.75, 3.05) is 25.6 Å². The average molecular weight is 608 g/mol. The SMILES string of the molecule is C.CNC(=O)c1cc(Cl)ccn1.CNC(=O)c1cc(Oc2ccc(N)c(Cl)c2)ccn1.Nc1ccc(O)cc1Cl. The lowest BCUT2D eigenvalue weighted by molar-refractivity contribution is 0.0950. The van der Waals surface area contributed by atoms with Crippen LogP contribution in [-0.4, -0.2) is 41.0 Å². The molecule has 0 aliphatic rings. The smallest absolute Gasteiger partial charge is 0.269 e. The number of halogens is 3. The molecule has 0 bridgehead atoms. The Balaban J connectivity index is 0.000000324. The average Bonchev–Trinajstić information content (AvgIpc) is 2.93. The van der Waals surface area contributed by atoms with E-state index in [1.165, 1.54) is 37.6 Å². The van der Waals surface area contributed by atoms with Crippen molar-refractivity contribution in [3.8, 4) is 17.2 Å². The van der Waals surface area contributed by atoms with Gasteiger partial charge in [0.2, 0.25) is 0 Å². The maximum atomic E-state index is 11.5. The highest BCUT2D eigenvalue weighted by atomic mass is 35.5. The molecule has 7 N–H and O–H groups in total. The molecule has 0 saturated heterocycles. The Morgan fingerprint density at radius 2 is 1.25 bits per heavy atom. The quantitative estimate of drug-likeness (QED) is 0.143. The number of aromatic nitrogens is 2. The molecule has 0 atom stereocenters. The minimum Gasteiger partial charge on any atom is -0.508 e. The molecule has 0 spiro atoms. The van der Waals surface area contributed by atoms with Crippen LogP contribution >= 0.6 is 34.8 Å². The van der Waals surface area contributed by atoms with Crippen LogP contribution in [0, 0.1) is 0 Å². The number of anilines is 2. The van der Waals surface area contributed by atoms with Crippen LogP contribution in [0.1, 0.15) is 28.4 Å². The molecule has 2 aromatic carbocycles. The van der Waals surface area contributed by atoms with Gasteiger partial charge < -0.3 is 31.9 Å². The largest absolute Gasteiger partial charge is 0.508 e. The van der Waals surface area contributed by atoms with Crippen LogP contribution in [0.5, 0.6) is 17.2 Å². The van der Waals surface area contributed by atoms with Gasteiger partial charge in [-0.15, -0.1) is 0 Å². The molecular weight excluding hydrogens is 579 g/mol. The van der Waals surface area contributed by atoms with E-state index in [4.69, 9.17) is 56.1 Å². The molecule has 10 nitrogen and oxygen atoms in total. The molecule has 4 aromatic rings. The molecule has 2 aromatic heterocycles. The summed E-state index contributed by atoms with van der Waals surface area (Å²) < 4.78 is 5.59. The Labute approximate surface area is 247 Å². The summed E-state index contributed by atoms with van der Waals surface area (Å²) in [5.74, 6) is 0.658. The maximum absolute atomic E-state index is 11.5. The lowest BCUT2D eigenvalue weighted by Gasteiger charge is -2.08. The Morgan fingerprint density at radius 1 is 0.750 bits per heavy atom. The van der Waals surface area contributed by atoms with E-state index in [9.17, 15) is 9.59 Å². The predicted octanol–water partition coefficient (Wildman–Crippen LogP) is 5.83. The first-order chi connectivity index (χ1) is 18.5. The van der Waals surface area contributed by atoms with Gasteiger partial charge in [-0.1, -0.05) is 42.2 Å². The number of phenols is 1. The summed E-state index contributed by atoms with van der Waals surface area (Å²) in [4.78, 5) is 30.1. The van der Waals surface area contributed by atoms with E-state index in [1.54, 1.807) is 49.5 Å². The van der Waals surface area contributed by atoms with Gasteiger partial charge in [0, 0.05) is 49.7 Å². The summed E-state index contributed by atoms with van der Waals surface area (Å²) >= 11 is 17.1. The normalized spacial score (nSPS) is 9.43. The summed E-state index contributed by atoms with van der Waals surface area (Å²) in [6, 6.07) is 15.7. The van der Waals surface area contributed by atoms with Gasteiger partial charge in [0.25, 0.3) is 11.8 Å². The maximum Gasteiger partial charge on any atom is 0.269 e. The fraction of sp³-hybridized carbons (Fsp3) is 0.111. The van der Waals surface area contributed by atoms with Crippen LogP contribution in [-0.2, 0) is 0 Å². The predicted molar refractivity (Wildman–Crippen MR) is 160 cm³/mol. The number of nitrogens with zero attached hydrogens (tertiary/aromatic N) is 2. The summed E-state index contributed by atoms with van der Waals surface area (Å²) in [5.41, 5.74) is 12.5. The molecule has 0 aliphatic heterocycles. The van der Waals surface area contributed by atoms with Crippen LogP contribution in [0.4, 0.5) is 11.4 Å². The zero-order chi connectivity index (χ0) is 28.9. The first kappa shape index (κ1) is 33.8. The van der Waals surface area contributed by atoms with Crippen molar-refractivity contribution in [2.24, 2.45) is 0 Å². The van der Waals surface area contributed by atoms with Crippen molar-refractivity contribution in [3.63, 3.8) is 0 Å². The van der Waals surface area contributed by atoms with Crippen molar-refractivity contribution >= 4 is 58.0 Å². The Hall–Kier alpha value is -4.25. The minimum atomic E-state index is -0.277. The number of amides is 2. The number of nitrogen functional groups attached to an aromatic ring is 2. The fourth-order valence-electron chi connectivity index (χ4n) is 2.61. The first-order valence-corrected chi connectivity index (χ1v) is 12.2. The number of hydrogen-bond acceptors (Lipinski definition) is 8. The van der Waals surface area contributed by atoms with Gasteiger partial charge in [0.15, 0.2) is 0 Å². The highest BCUT2D eigenvalue weighted by molar-refractivity contribution is 6.33. The van der Waals surface area contributed by atoms with E-state index in [1.807, 2.05) is 0 Å². The number of benzene rings is 2. The lowest BCUT2D eigenvalue weighted by Crippen LogP contribution is -2.18. The van der Waals surface area contributed by atoms with Crippen molar-refractivity contribution < 1.29 is 19.4 Å². The first-order valence-electron chi connectivity index (χ1n) is 11.0. The number of ether oxygens (including phenoxy) is 1. The molecule has 212 valence electrons. The van der Waals surface area contributed by atoms with Gasteiger partial charge in [-0.25, -0.2) is 0 Å². The number of nitrogens with one attached hydrogen (secondary N) is 2. The van der Waals surface area contributed by atoms with Crippen molar-refractivity contribution in [3.05, 3.63) is 99.5 Å². The second kappa shape index (κ2) is 16.7. The molecule has 4 rings (SSSR count). The van der Waals surface area contributed by atoms with E-state index < -0.39 is 0 Å². The van der Waals surface area contributed by atoms with Gasteiger partial charge in [-0.3, -0.25) is 19.6 Å². The second-order valence-electron chi connectivity index (χ2n) is 7.39. The highest BCUT2D eigenvalue weighted by Gasteiger charge is 2.07. The fourth-order valence-corrected chi connectivity index (χ4v) is 3.11. The number of rotatable bonds is 4.